The highest BCUT2D eigenvalue weighted by atomic mass is 16.5. The summed E-state index contributed by atoms with van der Waals surface area (Å²) in [5, 5.41) is 3.07. The van der Waals surface area contributed by atoms with E-state index < -0.39 is 0 Å². The smallest absolute Gasteiger partial charge is 0.120 e. The van der Waals surface area contributed by atoms with E-state index in [0.717, 1.165) is 29.4 Å². The third-order valence-electron chi connectivity index (χ3n) is 2.56. The van der Waals surface area contributed by atoms with Crippen molar-refractivity contribution in [3.8, 4) is 17.0 Å². The van der Waals surface area contributed by atoms with Crippen LogP contribution in [-0.4, -0.2) is 22.6 Å². The minimum atomic E-state index is -0.171. The van der Waals surface area contributed by atoms with Crippen LogP contribution in [-0.2, 0) is 6.54 Å². The van der Waals surface area contributed by atoms with Crippen LogP contribution in [0.5, 0.6) is 5.75 Å². The van der Waals surface area contributed by atoms with E-state index in [0.29, 0.717) is 0 Å². The van der Waals surface area contributed by atoms with Crippen molar-refractivity contribution in [3.05, 3.63) is 36.3 Å². The van der Waals surface area contributed by atoms with Gasteiger partial charge in [0.15, 0.2) is 0 Å². The fraction of sp³-hybridized carbons (Fsp3) is 0.400. The first-order valence-corrected chi connectivity index (χ1v) is 6.46. The van der Waals surface area contributed by atoms with Crippen molar-refractivity contribution in [2.45, 2.75) is 32.9 Å². The third-order valence-corrected chi connectivity index (χ3v) is 2.56. The molecule has 2 N–H and O–H groups in total. The monoisotopic (exact) mass is 259 g/mol. The molecule has 0 saturated heterocycles. The van der Waals surface area contributed by atoms with Gasteiger partial charge in [0.05, 0.1) is 18.4 Å². The molecule has 0 aliphatic heterocycles. The number of aromatic amines is 1. The predicted molar refractivity (Wildman–Crippen MR) is 77.2 cm³/mol. The van der Waals surface area contributed by atoms with Gasteiger partial charge in [-0.25, -0.2) is 4.98 Å². The van der Waals surface area contributed by atoms with Crippen LogP contribution < -0.4 is 10.1 Å². The number of ether oxygens (including phenoxy) is 1. The van der Waals surface area contributed by atoms with Crippen LogP contribution in [0.15, 0.2) is 30.5 Å². The number of nitrogens with zero attached hydrogens (tertiary/aromatic N) is 1. The van der Waals surface area contributed by atoms with Crippen molar-refractivity contribution >= 4 is 0 Å². The summed E-state index contributed by atoms with van der Waals surface area (Å²) in [6.45, 7) is 6.87. The number of H-pyrrole nitrogens is 1. The molecule has 0 amide bonds. The predicted octanol–water partition coefficient (Wildman–Crippen LogP) is 2.97. The summed E-state index contributed by atoms with van der Waals surface area (Å²) in [4.78, 5) is 7.60. The lowest BCUT2D eigenvalue weighted by Gasteiger charge is -2.21. The lowest BCUT2D eigenvalue weighted by Crippen LogP contribution is -2.22. The molecule has 0 spiro atoms. The van der Waals surface area contributed by atoms with Crippen LogP contribution in [0, 0.1) is 0 Å². The number of hydrogen-bond donors (Lipinski definition) is 2. The van der Waals surface area contributed by atoms with E-state index in [4.69, 9.17) is 4.74 Å². The lowest BCUT2D eigenvalue weighted by molar-refractivity contribution is 0.131. The van der Waals surface area contributed by atoms with E-state index in [1.54, 1.807) is 0 Å². The maximum Gasteiger partial charge on any atom is 0.120 e. The fourth-order valence-corrected chi connectivity index (χ4v) is 1.82. The molecular weight excluding hydrogens is 238 g/mol. The van der Waals surface area contributed by atoms with Gasteiger partial charge >= 0.3 is 0 Å². The van der Waals surface area contributed by atoms with Gasteiger partial charge in [-0.1, -0.05) is 0 Å². The topological polar surface area (TPSA) is 49.9 Å². The van der Waals surface area contributed by atoms with E-state index >= 15 is 0 Å². The zero-order valence-corrected chi connectivity index (χ0v) is 11.9. The van der Waals surface area contributed by atoms with E-state index in [1.807, 2.05) is 58.3 Å². The van der Waals surface area contributed by atoms with Crippen LogP contribution >= 0.6 is 0 Å². The van der Waals surface area contributed by atoms with Crippen LogP contribution in [0.2, 0.25) is 0 Å². The molecule has 4 nitrogen and oxygen atoms in total. The van der Waals surface area contributed by atoms with Gasteiger partial charge in [0, 0.05) is 0 Å². The van der Waals surface area contributed by atoms with Gasteiger partial charge < -0.3 is 15.0 Å². The average molecular weight is 259 g/mol. The molecule has 2 rings (SSSR count). The molecule has 102 valence electrons. The molecule has 1 aromatic carbocycles. The van der Waals surface area contributed by atoms with Gasteiger partial charge in [0.1, 0.15) is 17.2 Å². The van der Waals surface area contributed by atoms with E-state index in [2.05, 4.69) is 15.3 Å². The first kappa shape index (κ1) is 13.6. The molecular formula is C15H21N3O. The summed E-state index contributed by atoms with van der Waals surface area (Å²) >= 11 is 0. The molecule has 19 heavy (non-hydrogen) atoms. The molecule has 1 aromatic heterocycles. The number of hydrogen-bond acceptors (Lipinski definition) is 3. The van der Waals surface area contributed by atoms with Crippen molar-refractivity contribution < 1.29 is 4.74 Å². The Balaban J connectivity index is 2.13. The Hall–Kier alpha value is -1.81. The Morgan fingerprint density at radius 1 is 1.21 bits per heavy atom. The standard InChI is InChI=1S/C15H21N3O/c1-15(2,3)19-12-7-5-11(6-8-12)13-9-17-14(18-13)10-16-4/h5-9,16H,10H2,1-4H3,(H,17,18). The second-order valence-corrected chi connectivity index (χ2v) is 5.51. The van der Waals surface area contributed by atoms with Crippen LogP contribution in [0.25, 0.3) is 11.3 Å². The zero-order chi connectivity index (χ0) is 13.9. The molecule has 0 atom stereocenters. The second-order valence-electron chi connectivity index (χ2n) is 5.51. The van der Waals surface area contributed by atoms with Gasteiger partial charge in [-0.05, 0) is 57.6 Å². The van der Waals surface area contributed by atoms with Crippen LogP contribution in [0.1, 0.15) is 26.6 Å². The van der Waals surface area contributed by atoms with Crippen molar-refractivity contribution in [2.24, 2.45) is 0 Å². The number of imidazole rings is 1. The van der Waals surface area contributed by atoms with Gasteiger partial charge in [-0.15, -0.1) is 0 Å². The molecule has 2 aromatic rings. The maximum atomic E-state index is 5.80. The van der Waals surface area contributed by atoms with Gasteiger partial charge in [0.25, 0.3) is 0 Å². The van der Waals surface area contributed by atoms with Gasteiger partial charge in [0.2, 0.25) is 0 Å². The van der Waals surface area contributed by atoms with Crippen molar-refractivity contribution in [1.29, 1.82) is 0 Å². The van der Waals surface area contributed by atoms with Gasteiger partial charge in [-0.3, -0.25) is 0 Å². The maximum absolute atomic E-state index is 5.80. The highest BCUT2D eigenvalue weighted by Crippen LogP contribution is 2.23. The first-order valence-electron chi connectivity index (χ1n) is 6.46. The summed E-state index contributed by atoms with van der Waals surface area (Å²) in [6, 6.07) is 8.05. The number of rotatable bonds is 4. The minimum Gasteiger partial charge on any atom is -0.488 e. The molecule has 0 aliphatic rings. The summed E-state index contributed by atoms with van der Waals surface area (Å²) < 4.78 is 5.80. The fourth-order valence-electron chi connectivity index (χ4n) is 1.82. The molecule has 0 radical (unpaired) electrons. The largest absolute Gasteiger partial charge is 0.488 e. The van der Waals surface area contributed by atoms with E-state index in [-0.39, 0.29) is 5.60 Å². The quantitative estimate of drug-likeness (QED) is 0.887. The van der Waals surface area contributed by atoms with E-state index in [9.17, 15) is 0 Å². The van der Waals surface area contributed by atoms with Crippen molar-refractivity contribution in [3.63, 3.8) is 0 Å². The lowest BCUT2D eigenvalue weighted by atomic mass is 10.1. The number of aromatic nitrogens is 2. The zero-order valence-electron chi connectivity index (χ0n) is 11.9. The van der Waals surface area contributed by atoms with E-state index in [1.165, 1.54) is 0 Å². The molecule has 0 aliphatic carbocycles. The number of benzene rings is 1. The Morgan fingerprint density at radius 3 is 2.47 bits per heavy atom. The summed E-state index contributed by atoms with van der Waals surface area (Å²) in [5.41, 5.74) is 1.96. The molecule has 0 unspecified atom stereocenters. The molecule has 1 heterocycles. The SMILES string of the molecule is CNCc1ncc(-c2ccc(OC(C)(C)C)cc2)[nH]1. The minimum absolute atomic E-state index is 0.171. The van der Waals surface area contributed by atoms with Crippen molar-refractivity contribution in [2.75, 3.05) is 7.05 Å². The van der Waals surface area contributed by atoms with Gasteiger partial charge in [-0.2, -0.15) is 0 Å². The summed E-state index contributed by atoms with van der Waals surface area (Å²) in [6.07, 6.45) is 1.85. The normalized spacial score (nSPS) is 11.6. The average Bonchev–Trinajstić information content (AvgIpc) is 2.77. The molecule has 0 saturated carbocycles. The second kappa shape index (κ2) is 5.45. The Bertz CT molecular complexity index is 523. The summed E-state index contributed by atoms with van der Waals surface area (Å²) in [5.74, 6) is 1.82. The molecule has 4 heteroatoms. The van der Waals surface area contributed by atoms with Crippen molar-refractivity contribution in [1.82, 2.24) is 15.3 Å². The third kappa shape index (κ3) is 3.83. The molecule has 0 fully saturated rings. The Labute approximate surface area is 114 Å². The Kier molecular flexibility index (Phi) is 3.90. The first-order chi connectivity index (χ1) is 8.98. The highest BCUT2D eigenvalue weighted by molar-refractivity contribution is 5.59. The molecule has 0 bridgehead atoms. The van der Waals surface area contributed by atoms with Crippen LogP contribution in [0.3, 0.4) is 0 Å². The number of nitrogens with one attached hydrogen (secondary N) is 2. The highest BCUT2D eigenvalue weighted by Gasteiger charge is 2.11. The summed E-state index contributed by atoms with van der Waals surface area (Å²) in [7, 11) is 1.90. The van der Waals surface area contributed by atoms with Crippen LogP contribution in [0.4, 0.5) is 0 Å². The Morgan fingerprint density at radius 2 is 1.89 bits per heavy atom.